The molecule has 2 nitrogen and oxygen atoms in total. The van der Waals surface area contributed by atoms with E-state index in [-0.39, 0.29) is 22.5 Å². The van der Waals surface area contributed by atoms with E-state index >= 15 is 0 Å². The Hall–Kier alpha value is -1.18. The molecule has 0 aromatic rings. The zero-order valence-electron chi connectivity index (χ0n) is 14.7. The molecule has 0 aromatic carbocycles. The molecule has 0 heterocycles. The summed E-state index contributed by atoms with van der Waals surface area (Å²) in [6.07, 6.45) is 10.9. The lowest BCUT2D eigenvalue weighted by Crippen LogP contribution is -2.54. The maximum absolute atomic E-state index is 13.2. The minimum atomic E-state index is -0.0477. The molecule has 2 heteroatoms. The predicted molar refractivity (Wildman–Crippen MR) is 90.9 cm³/mol. The molecule has 0 aromatic heterocycles. The second-order valence-corrected chi connectivity index (χ2v) is 8.75. The van der Waals surface area contributed by atoms with Gasteiger partial charge in [-0.25, -0.2) is 0 Å². The van der Waals surface area contributed by atoms with Crippen molar-refractivity contribution in [3.8, 4) is 0 Å². The van der Waals surface area contributed by atoms with E-state index in [0.29, 0.717) is 24.0 Å². The first-order valence-electron chi connectivity index (χ1n) is 9.32. The summed E-state index contributed by atoms with van der Waals surface area (Å²) in [7, 11) is 0. The Balaban J connectivity index is 1.76. The molecule has 4 rings (SSSR count). The molecule has 0 N–H and O–H groups in total. The Labute approximate surface area is 139 Å². The van der Waals surface area contributed by atoms with E-state index in [9.17, 15) is 9.59 Å². The van der Waals surface area contributed by atoms with Crippen molar-refractivity contribution in [3.05, 3.63) is 23.3 Å². The first-order chi connectivity index (χ1) is 10.9. The second-order valence-electron chi connectivity index (χ2n) is 8.75. The third-order valence-electron chi connectivity index (χ3n) is 7.85. The molecular weight excluding hydrogens is 284 g/mol. The summed E-state index contributed by atoms with van der Waals surface area (Å²) in [4.78, 5) is 25.1. The summed E-state index contributed by atoms with van der Waals surface area (Å²) >= 11 is 0. The molecule has 5 atom stereocenters. The van der Waals surface area contributed by atoms with Crippen LogP contribution >= 0.6 is 0 Å². The van der Waals surface area contributed by atoms with Gasteiger partial charge in [-0.3, -0.25) is 9.59 Å². The van der Waals surface area contributed by atoms with E-state index in [1.165, 1.54) is 24.0 Å². The monoisotopic (exact) mass is 312 g/mol. The molecule has 0 amide bonds. The zero-order chi connectivity index (χ0) is 16.4. The third kappa shape index (κ3) is 1.93. The quantitative estimate of drug-likeness (QED) is 0.610. The SMILES string of the molecule is CC=C1CC[C@H]2[C@@H]3CCC4=CC(=O)CC[C@]4(C)[C@H]3C(=O)C[C@]12C. The Morgan fingerprint density at radius 1 is 1.09 bits per heavy atom. The molecule has 4 aliphatic rings. The van der Waals surface area contributed by atoms with Gasteiger partial charge in [-0.2, -0.15) is 0 Å². The van der Waals surface area contributed by atoms with E-state index in [0.717, 1.165) is 25.7 Å². The van der Waals surface area contributed by atoms with Gasteiger partial charge in [0, 0.05) is 18.8 Å². The lowest BCUT2D eigenvalue weighted by atomic mass is 9.47. The highest BCUT2D eigenvalue weighted by Crippen LogP contribution is 2.65. The number of ketones is 2. The number of hydrogen-bond donors (Lipinski definition) is 0. The Morgan fingerprint density at radius 3 is 2.61 bits per heavy atom. The number of carbonyl (C=O) groups is 2. The van der Waals surface area contributed by atoms with Gasteiger partial charge in [0.15, 0.2) is 5.78 Å². The summed E-state index contributed by atoms with van der Waals surface area (Å²) in [6.45, 7) is 6.75. The number of Topliss-reactive ketones (excluding diaryl/α,β-unsaturated/α-hetero) is 1. The van der Waals surface area contributed by atoms with Gasteiger partial charge in [-0.1, -0.05) is 31.1 Å². The molecule has 4 aliphatic carbocycles. The van der Waals surface area contributed by atoms with E-state index in [1.54, 1.807) is 0 Å². The highest BCUT2D eigenvalue weighted by Gasteiger charge is 2.60. The van der Waals surface area contributed by atoms with Gasteiger partial charge >= 0.3 is 0 Å². The Bertz CT molecular complexity index is 640. The van der Waals surface area contributed by atoms with E-state index in [1.807, 2.05) is 6.08 Å². The van der Waals surface area contributed by atoms with Crippen molar-refractivity contribution >= 4 is 11.6 Å². The smallest absolute Gasteiger partial charge is 0.155 e. The first kappa shape index (κ1) is 15.4. The molecule has 0 spiro atoms. The van der Waals surface area contributed by atoms with Crippen LogP contribution in [0.4, 0.5) is 0 Å². The molecule has 0 bridgehead atoms. The maximum Gasteiger partial charge on any atom is 0.155 e. The first-order valence-corrected chi connectivity index (χ1v) is 9.32. The van der Waals surface area contributed by atoms with Gasteiger partial charge in [0.05, 0.1) is 0 Å². The fourth-order valence-electron chi connectivity index (χ4n) is 6.71. The molecule has 0 unspecified atom stereocenters. The lowest BCUT2D eigenvalue weighted by molar-refractivity contribution is -0.142. The van der Waals surface area contributed by atoms with Gasteiger partial charge in [-0.15, -0.1) is 0 Å². The summed E-state index contributed by atoms with van der Waals surface area (Å²) in [5.41, 5.74) is 2.85. The predicted octanol–water partition coefficient (Wildman–Crippen LogP) is 4.64. The summed E-state index contributed by atoms with van der Waals surface area (Å²) in [5.74, 6) is 2.07. The summed E-state index contributed by atoms with van der Waals surface area (Å²) < 4.78 is 0. The molecule has 0 radical (unpaired) electrons. The Kier molecular flexibility index (Phi) is 3.28. The Morgan fingerprint density at radius 2 is 1.87 bits per heavy atom. The summed E-state index contributed by atoms with van der Waals surface area (Å²) in [5, 5.41) is 0. The minimum Gasteiger partial charge on any atom is -0.299 e. The molecule has 3 fully saturated rings. The van der Waals surface area contributed by atoms with Crippen LogP contribution in [-0.4, -0.2) is 11.6 Å². The van der Waals surface area contributed by atoms with Crippen molar-refractivity contribution in [2.45, 2.75) is 65.7 Å². The van der Waals surface area contributed by atoms with Gasteiger partial charge in [0.25, 0.3) is 0 Å². The van der Waals surface area contributed by atoms with E-state index < -0.39 is 0 Å². The highest BCUT2D eigenvalue weighted by molar-refractivity contribution is 5.93. The molecule has 0 aliphatic heterocycles. The van der Waals surface area contributed by atoms with Crippen molar-refractivity contribution in [2.24, 2.45) is 28.6 Å². The number of carbonyl (C=O) groups excluding carboxylic acids is 2. The van der Waals surface area contributed by atoms with Crippen LogP contribution in [0.5, 0.6) is 0 Å². The standard InChI is InChI=1S/C21H28O2/c1-4-13-6-8-17-16-7-5-14-11-15(22)9-10-20(14,2)19(16)18(23)12-21(13,17)3/h4,11,16-17,19H,5-10,12H2,1-3H3/t16-,17-,19+,20-,21+/m0/s1. The third-order valence-corrected chi connectivity index (χ3v) is 7.85. The van der Waals surface area contributed by atoms with Crippen LogP contribution in [0, 0.1) is 28.6 Å². The van der Waals surface area contributed by atoms with Crippen molar-refractivity contribution < 1.29 is 9.59 Å². The summed E-state index contributed by atoms with van der Waals surface area (Å²) in [6, 6.07) is 0. The van der Waals surface area contributed by atoms with Crippen LogP contribution < -0.4 is 0 Å². The fourth-order valence-corrected chi connectivity index (χ4v) is 6.71. The largest absolute Gasteiger partial charge is 0.299 e. The van der Waals surface area contributed by atoms with Crippen LogP contribution in [0.3, 0.4) is 0 Å². The molecule has 124 valence electrons. The normalized spacial score (nSPS) is 47.9. The number of rotatable bonds is 0. The van der Waals surface area contributed by atoms with Gasteiger partial charge in [0.2, 0.25) is 0 Å². The van der Waals surface area contributed by atoms with Crippen LogP contribution in [0.25, 0.3) is 0 Å². The van der Waals surface area contributed by atoms with Crippen LogP contribution in [0.15, 0.2) is 23.3 Å². The van der Waals surface area contributed by atoms with Crippen LogP contribution in [-0.2, 0) is 9.59 Å². The van der Waals surface area contributed by atoms with E-state index in [2.05, 4.69) is 26.8 Å². The van der Waals surface area contributed by atoms with E-state index in [4.69, 9.17) is 0 Å². The lowest BCUT2D eigenvalue weighted by Gasteiger charge is -2.56. The number of hydrogen-bond acceptors (Lipinski definition) is 2. The van der Waals surface area contributed by atoms with Crippen molar-refractivity contribution in [1.82, 2.24) is 0 Å². The van der Waals surface area contributed by atoms with Crippen molar-refractivity contribution in [2.75, 3.05) is 0 Å². The van der Waals surface area contributed by atoms with Gasteiger partial charge in [-0.05, 0) is 67.8 Å². The minimum absolute atomic E-state index is 0.0477. The molecule has 0 saturated heterocycles. The highest BCUT2D eigenvalue weighted by atomic mass is 16.1. The average molecular weight is 312 g/mol. The van der Waals surface area contributed by atoms with Crippen molar-refractivity contribution in [1.29, 1.82) is 0 Å². The average Bonchev–Trinajstić information content (AvgIpc) is 2.83. The second kappa shape index (κ2) is 4.91. The fraction of sp³-hybridized carbons (Fsp3) is 0.714. The molecular formula is C21H28O2. The van der Waals surface area contributed by atoms with Crippen LogP contribution in [0.2, 0.25) is 0 Å². The maximum atomic E-state index is 13.2. The van der Waals surface area contributed by atoms with Crippen LogP contribution in [0.1, 0.15) is 65.7 Å². The molecule has 23 heavy (non-hydrogen) atoms. The molecule has 3 saturated carbocycles. The van der Waals surface area contributed by atoms with Crippen molar-refractivity contribution in [3.63, 3.8) is 0 Å². The van der Waals surface area contributed by atoms with Gasteiger partial charge in [0.1, 0.15) is 5.78 Å². The zero-order valence-corrected chi connectivity index (χ0v) is 14.7. The van der Waals surface area contributed by atoms with Gasteiger partial charge < -0.3 is 0 Å². The topological polar surface area (TPSA) is 34.1 Å². The number of fused-ring (bicyclic) bond motifs is 5. The number of allylic oxidation sites excluding steroid dienone is 3.